The molecule has 0 rings (SSSR count). The number of carbonyl (C=O) groups excluding carboxylic acids is 4. The van der Waals surface area contributed by atoms with E-state index in [2.05, 4.69) is 0 Å². The van der Waals surface area contributed by atoms with Gasteiger partial charge in [-0.25, -0.2) is 19.2 Å². The summed E-state index contributed by atoms with van der Waals surface area (Å²) in [4.78, 5) is 50.8. The zero-order valence-corrected chi connectivity index (χ0v) is 21.4. The SMILES string of the molecule is CC(C)(C)OC(=O)C=C(C(=O)OC(C)(C)C)C(=CC(=O)OC(C)(C)C)C(=O)OC(C)(C)C. The van der Waals surface area contributed by atoms with Crippen LogP contribution >= 0.6 is 0 Å². The van der Waals surface area contributed by atoms with Crippen LogP contribution in [0.5, 0.6) is 0 Å². The first-order valence-corrected chi connectivity index (χ1v) is 10.4. The van der Waals surface area contributed by atoms with Gasteiger partial charge in [-0.15, -0.1) is 0 Å². The van der Waals surface area contributed by atoms with Gasteiger partial charge in [0.2, 0.25) is 0 Å². The van der Waals surface area contributed by atoms with E-state index in [0.29, 0.717) is 0 Å². The Hall–Kier alpha value is -2.64. The summed E-state index contributed by atoms with van der Waals surface area (Å²) < 4.78 is 21.2. The van der Waals surface area contributed by atoms with E-state index >= 15 is 0 Å². The van der Waals surface area contributed by atoms with Crippen LogP contribution in [0.1, 0.15) is 83.1 Å². The molecule has 0 heterocycles. The summed E-state index contributed by atoms with van der Waals surface area (Å²) in [5, 5.41) is 0. The minimum absolute atomic E-state index is 0.478. The van der Waals surface area contributed by atoms with Gasteiger partial charge in [-0.1, -0.05) is 0 Å². The molecule has 0 aromatic heterocycles. The van der Waals surface area contributed by atoms with Crippen LogP contribution in [0.2, 0.25) is 0 Å². The maximum absolute atomic E-state index is 12.9. The Labute approximate surface area is 191 Å². The molecule has 0 aromatic rings. The molecule has 0 saturated heterocycles. The van der Waals surface area contributed by atoms with Gasteiger partial charge >= 0.3 is 23.9 Å². The molecule has 32 heavy (non-hydrogen) atoms. The van der Waals surface area contributed by atoms with Crippen LogP contribution in [0.4, 0.5) is 0 Å². The molecule has 0 N–H and O–H groups in total. The van der Waals surface area contributed by atoms with Crippen LogP contribution < -0.4 is 0 Å². The van der Waals surface area contributed by atoms with Crippen molar-refractivity contribution in [2.75, 3.05) is 0 Å². The number of hydrogen-bond acceptors (Lipinski definition) is 8. The average Bonchev–Trinajstić information content (AvgIpc) is 2.43. The van der Waals surface area contributed by atoms with Crippen molar-refractivity contribution in [3.63, 3.8) is 0 Å². The Morgan fingerprint density at radius 3 is 0.844 bits per heavy atom. The van der Waals surface area contributed by atoms with Crippen molar-refractivity contribution in [2.45, 2.75) is 105 Å². The maximum Gasteiger partial charge on any atom is 0.339 e. The molecule has 182 valence electrons. The fraction of sp³-hybridized carbons (Fsp3) is 0.667. The topological polar surface area (TPSA) is 105 Å². The number of hydrogen-bond donors (Lipinski definition) is 0. The van der Waals surface area contributed by atoms with Gasteiger partial charge in [-0.2, -0.15) is 0 Å². The summed E-state index contributed by atoms with van der Waals surface area (Å²) >= 11 is 0. The van der Waals surface area contributed by atoms with E-state index in [1.54, 1.807) is 83.1 Å². The minimum Gasteiger partial charge on any atom is -0.457 e. The largest absolute Gasteiger partial charge is 0.457 e. The quantitative estimate of drug-likeness (QED) is 0.263. The summed E-state index contributed by atoms with van der Waals surface area (Å²) in [7, 11) is 0. The van der Waals surface area contributed by atoms with E-state index < -0.39 is 57.4 Å². The van der Waals surface area contributed by atoms with E-state index in [1.165, 1.54) is 0 Å². The molecule has 0 aliphatic rings. The van der Waals surface area contributed by atoms with Gasteiger partial charge < -0.3 is 18.9 Å². The molecule has 8 heteroatoms. The second-order valence-corrected chi connectivity index (χ2v) is 11.2. The van der Waals surface area contributed by atoms with Crippen LogP contribution in [0, 0.1) is 0 Å². The normalized spacial score (nSPS) is 13.9. The lowest BCUT2D eigenvalue weighted by Gasteiger charge is -2.24. The molecular weight excluding hydrogens is 416 g/mol. The predicted molar refractivity (Wildman–Crippen MR) is 120 cm³/mol. The Morgan fingerprint density at radius 2 is 0.656 bits per heavy atom. The second kappa shape index (κ2) is 10.3. The standard InChI is InChI=1S/C24H38O8/c1-21(2,3)29-17(25)13-15(19(27)31-23(7,8)9)16(20(28)32-24(10,11)12)14-18(26)30-22(4,5)6/h13-14H,1-12H3. The molecule has 0 fully saturated rings. The monoisotopic (exact) mass is 454 g/mol. The van der Waals surface area contributed by atoms with Gasteiger partial charge in [0.05, 0.1) is 11.1 Å². The van der Waals surface area contributed by atoms with E-state index in [0.717, 1.165) is 12.2 Å². The van der Waals surface area contributed by atoms with Gasteiger partial charge in [-0.3, -0.25) is 0 Å². The lowest BCUT2D eigenvalue weighted by molar-refractivity contribution is -0.155. The molecule has 0 aliphatic carbocycles. The lowest BCUT2D eigenvalue weighted by Crippen LogP contribution is -2.31. The Balaban J connectivity index is 6.65. The Morgan fingerprint density at radius 1 is 0.438 bits per heavy atom. The second-order valence-electron chi connectivity index (χ2n) is 11.2. The summed E-state index contributed by atoms with van der Waals surface area (Å²) in [6.07, 6.45) is 1.64. The molecule has 0 aliphatic heterocycles. The van der Waals surface area contributed by atoms with Crippen LogP contribution in [-0.4, -0.2) is 46.3 Å². The highest BCUT2D eigenvalue weighted by Crippen LogP contribution is 2.23. The highest BCUT2D eigenvalue weighted by atomic mass is 16.6. The van der Waals surface area contributed by atoms with Crippen LogP contribution in [0.3, 0.4) is 0 Å². The van der Waals surface area contributed by atoms with Crippen molar-refractivity contribution in [3.8, 4) is 0 Å². The highest BCUT2D eigenvalue weighted by molar-refractivity contribution is 6.12. The van der Waals surface area contributed by atoms with Crippen molar-refractivity contribution in [3.05, 3.63) is 23.3 Å². The summed E-state index contributed by atoms with van der Waals surface area (Å²) in [6.45, 7) is 19.7. The average molecular weight is 455 g/mol. The van der Waals surface area contributed by atoms with Crippen LogP contribution in [0.25, 0.3) is 0 Å². The summed E-state index contributed by atoms with van der Waals surface area (Å²) in [6, 6.07) is 0. The number of ether oxygens (including phenoxy) is 4. The molecule has 0 spiro atoms. The fourth-order valence-corrected chi connectivity index (χ4v) is 2.06. The molecule has 0 bridgehead atoms. The maximum atomic E-state index is 12.9. The van der Waals surface area contributed by atoms with Crippen LogP contribution in [-0.2, 0) is 38.1 Å². The zero-order valence-electron chi connectivity index (χ0n) is 21.4. The van der Waals surface area contributed by atoms with Gasteiger partial charge in [0.1, 0.15) is 22.4 Å². The molecule has 0 radical (unpaired) electrons. The zero-order chi connectivity index (χ0) is 25.7. The molecule has 8 nitrogen and oxygen atoms in total. The third kappa shape index (κ3) is 13.6. The molecule has 0 atom stereocenters. The lowest BCUT2D eigenvalue weighted by atomic mass is 10.0. The van der Waals surface area contributed by atoms with E-state index in [-0.39, 0.29) is 0 Å². The third-order valence-electron chi connectivity index (χ3n) is 2.87. The van der Waals surface area contributed by atoms with Crippen molar-refractivity contribution in [1.82, 2.24) is 0 Å². The first kappa shape index (κ1) is 29.4. The minimum atomic E-state index is -0.996. The number of esters is 4. The highest BCUT2D eigenvalue weighted by Gasteiger charge is 2.32. The van der Waals surface area contributed by atoms with Crippen LogP contribution in [0.15, 0.2) is 23.3 Å². The van der Waals surface area contributed by atoms with Gasteiger partial charge in [0.15, 0.2) is 0 Å². The van der Waals surface area contributed by atoms with Crippen molar-refractivity contribution in [2.24, 2.45) is 0 Å². The smallest absolute Gasteiger partial charge is 0.339 e. The van der Waals surface area contributed by atoms with E-state index in [9.17, 15) is 19.2 Å². The predicted octanol–water partition coefficient (Wildman–Crippen LogP) is 4.21. The van der Waals surface area contributed by atoms with Crippen molar-refractivity contribution in [1.29, 1.82) is 0 Å². The van der Waals surface area contributed by atoms with Gasteiger partial charge in [-0.05, 0) is 83.1 Å². The van der Waals surface area contributed by atoms with Gasteiger partial charge in [0, 0.05) is 12.2 Å². The molecule has 0 aromatic carbocycles. The molecule has 0 saturated carbocycles. The molecule has 0 amide bonds. The summed E-state index contributed by atoms with van der Waals surface area (Å²) in [5.74, 6) is -3.78. The fourth-order valence-electron chi connectivity index (χ4n) is 2.06. The number of carbonyl (C=O) groups is 4. The van der Waals surface area contributed by atoms with E-state index in [1.807, 2.05) is 0 Å². The van der Waals surface area contributed by atoms with Crippen molar-refractivity contribution < 1.29 is 38.1 Å². The molecule has 0 unspecified atom stereocenters. The Bertz CT molecular complexity index is 720. The molecular formula is C24H38O8. The first-order valence-electron chi connectivity index (χ1n) is 10.4. The first-order chi connectivity index (χ1) is 14.0. The summed E-state index contributed by atoms with van der Waals surface area (Å²) in [5.41, 5.74) is -4.53. The third-order valence-corrected chi connectivity index (χ3v) is 2.87. The Kier molecular flexibility index (Phi) is 9.47. The number of rotatable bonds is 5. The van der Waals surface area contributed by atoms with Gasteiger partial charge in [0.25, 0.3) is 0 Å². The van der Waals surface area contributed by atoms with E-state index in [4.69, 9.17) is 18.9 Å². The van der Waals surface area contributed by atoms with Crippen molar-refractivity contribution >= 4 is 23.9 Å².